The van der Waals surface area contributed by atoms with Gasteiger partial charge >= 0.3 is 0 Å². The first-order valence-corrected chi connectivity index (χ1v) is 12.6. The maximum Gasteiger partial charge on any atom is 0.290 e. The van der Waals surface area contributed by atoms with E-state index >= 15 is 0 Å². The number of rotatable bonds is 8. The third-order valence-electron chi connectivity index (χ3n) is 6.71. The molecule has 0 aliphatic carbocycles. The Morgan fingerprint density at radius 3 is 2.61 bits per heavy atom. The lowest BCUT2D eigenvalue weighted by Gasteiger charge is -2.37. The number of aromatic nitrogens is 1. The van der Waals surface area contributed by atoms with E-state index in [-0.39, 0.29) is 41.6 Å². The van der Waals surface area contributed by atoms with E-state index in [1.807, 2.05) is 32.0 Å². The van der Waals surface area contributed by atoms with Gasteiger partial charge in [0.15, 0.2) is 18.1 Å². The predicted octanol–water partition coefficient (Wildman–Crippen LogP) is 5.26. The molecule has 2 amide bonds. The molecular weight excluding hydrogens is 489 g/mol. The van der Waals surface area contributed by atoms with Gasteiger partial charge in [-0.15, -0.1) is 0 Å². The summed E-state index contributed by atoms with van der Waals surface area (Å²) in [5, 5.41) is 0. The van der Waals surface area contributed by atoms with Crippen LogP contribution in [0.5, 0.6) is 5.75 Å². The van der Waals surface area contributed by atoms with Crippen molar-refractivity contribution in [3.05, 3.63) is 107 Å². The van der Waals surface area contributed by atoms with E-state index in [2.05, 4.69) is 4.98 Å². The number of ether oxygens (including phenoxy) is 1. The molecule has 3 heterocycles. The summed E-state index contributed by atoms with van der Waals surface area (Å²) in [5.41, 5.74) is 2.96. The molecule has 1 aliphatic heterocycles. The minimum Gasteiger partial charge on any atom is -0.484 e. The van der Waals surface area contributed by atoms with Crippen LogP contribution in [0.25, 0.3) is 0 Å². The summed E-state index contributed by atoms with van der Waals surface area (Å²) in [6, 6.07) is 14.7. The quantitative estimate of drug-likeness (QED) is 0.317. The van der Waals surface area contributed by atoms with Crippen LogP contribution in [-0.2, 0) is 13.0 Å². The molecule has 0 bridgehead atoms. The summed E-state index contributed by atoms with van der Waals surface area (Å²) in [6.45, 7) is 5.48. The number of nitrogens with zero attached hydrogens (tertiary/aromatic N) is 3. The van der Waals surface area contributed by atoms with Gasteiger partial charge in [-0.25, -0.2) is 9.37 Å². The summed E-state index contributed by atoms with van der Waals surface area (Å²) in [5.74, 6) is 0.289. The maximum atomic E-state index is 13.7. The van der Waals surface area contributed by atoms with Gasteiger partial charge in [0.25, 0.3) is 11.8 Å². The van der Waals surface area contributed by atoms with Crippen molar-refractivity contribution < 1.29 is 27.6 Å². The number of hydrogen-bond donors (Lipinski definition) is 0. The first-order chi connectivity index (χ1) is 18.5. The molecule has 196 valence electrons. The smallest absolute Gasteiger partial charge is 0.290 e. The molecule has 4 aromatic rings. The van der Waals surface area contributed by atoms with E-state index in [9.17, 15) is 14.0 Å². The standard InChI is InChI=1S/C29H28FN3O5/c1-3-32(4-2)28(34)24-17-38-26(31-24)18-37-22-12-9-19-13-14-33(29(35)25-6-5-15-36-25)27(23(19)16-22)20-7-10-21(30)11-8-20/h5-12,15-17,27H,3-4,13-14,18H2,1-2H3. The zero-order valence-electron chi connectivity index (χ0n) is 21.2. The molecule has 8 nitrogen and oxygen atoms in total. The van der Waals surface area contributed by atoms with E-state index in [4.69, 9.17) is 13.6 Å². The number of fused-ring (bicyclic) bond motifs is 1. The molecule has 1 aliphatic rings. The van der Waals surface area contributed by atoms with Crippen LogP contribution in [0.1, 0.15) is 63.5 Å². The molecule has 1 unspecified atom stereocenters. The Balaban J connectivity index is 1.40. The average Bonchev–Trinajstić information content (AvgIpc) is 3.65. The third kappa shape index (κ3) is 5.04. The minimum atomic E-state index is -0.458. The molecule has 1 atom stereocenters. The first kappa shape index (κ1) is 25.3. The summed E-state index contributed by atoms with van der Waals surface area (Å²) in [7, 11) is 0. The lowest BCUT2D eigenvalue weighted by atomic mass is 9.87. The zero-order valence-corrected chi connectivity index (χ0v) is 21.2. The van der Waals surface area contributed by atoms with Gasteiger partial charge in [-0.1, -0.05) is 18.2 Å². The summed E-state index contributed by atoms with van der Waals surface area (Å²) >= 11 is 0. The molecule has 2 aromatic carbocycles. The Morgan fingerprint density at radius 2 is 1.89 bits per heavy atom. The monoisotopic (exact) mass is 517 g/mol. The molecule has 9 heteroatoms. The lowest BCUT2D eigenvalue weighted by Crippen LogP contribution is -2.40. The van der Waals surface area contributed by atoms with E-state index in [0.29, 0.717) is 31.8 Å². The number of benzene rings is 2. The highest BCUT2D eigenvalue weighted by Crippen LogP contribution is 2.38. The van der Waals surface area contributed by atoms with Crippen LogP contribution >= 0.6 is 0 Å². The number of furan rings is 1. The zero-order chi connectivity index (χ0) is 26.6. The molecule has 0 N–H and O–H groups in total. The van der Waals surface area contributed by atoms with Crippen LogP contribution in [0, 0.1) is 5.82 Å². The van der Waals surface area contributed by atoms with Gasteiger partial charge in [-0.3, -0.25) is 9.59 Å². The van der Waals surface area contributed by atoms with Gasteiger partial charge in [-0.05, 0) is 73.4 Å². The topological polar surface area (TPSA) is 89.0 Å². The molecule has 0 fully saturated rings. The van der Waals surface area contributed by atoms with E-state index in [1.54, 1.807) is 34.1 Å². The predicted molar refractivity (Wildman–Crippen MR) is 136 cm³/mol. The van der Waals surface area contributed by atoms with Crippen molar-refractivity contribution >= 4 is 11.8 Å². The Hall–Kier alpha value is -4.40. The lowest BCUT2D eigenvalue weighted by molar-refractivity contribution is 0.0661. The summed E-state index contributed by atoms with van der Waals surface area (Å²) in [6.07, 6.45) is 3.46. The number of hydrogen-bond acceptors (Lipinski definition) is 6. The molecule has 5 rings (SSSR count). The first-order valence-electron chi connectivity index (χ1n) is 12.6. The maximum absolute atomic E-state index is 13.7. The number of carbonyl (C=O) groups excluding carboxylic acids is 2. The van der Waals surface area contributed by atoms with Crippen LogP contribution in [0.4, 0.5) is 4.39 Å². The van der Waals surface area contributed by atoms with Gasteiger partial charge in [-0.2, -0.15) is 0 Å². The van der Waals surface area contributed by atoms with Crippen molar-refractivity contribution in [2.75, 3.05) is 19.6 Å². The molecule has 0 radical (unpaired) electrons. The van der Waals surface area contributed by atoms with Crippen LogP contribution in [0.3, 0.4) is 0 Å². The molecule has 0 saturated carbocycles. The van der Waals surface area contributed by atoms with E-state index in [1.165, 1.54) is 24.7 Å². The van der Waals surface area contributed by atoms with Crippen molar-refractivity contribution in [1.82, 2.24) is 14.8 Å². The highest BCUT2D eigenvalue weighted by atomic mass is 19.1. The number of halogens is 1. The van der Waals surface area contributed by atoms with E-state index < -0.39 is 6.04 Å². The van der Waals surface area contributed by atoms with Gasteiger partial charge in [0.2, 0.25) is 5.89 Å². The van der Waals surface area contributed by atoms with Gasteiger partial charge in [0.05, 0.1) is 12.3 Å². The molecule has 0 spiro atoms. The highest BCUT2D eigenvalue weighted by Gasteiger charge is 2.34. The van der Waals surface area contributed by atoms with Crippen molar-refractivity contribution in [3.63, 3.8) is 0 Å². The Labute approximate surface area is 219 Å². The van der Waals surface area contributed by atoms with Crippen molar-refractivity contribution in [1.29, 1.82) is 0 Å². The minimum absolute atomic E-state index is 0.0283. The Morgan fingerprint density at radius 1 is 1.11 bits per heavy atom. The summed E-state index contributed by atoms with van der Waals surface area (Å²) in [4.78, 5) is 33.5. The SMILES string of the molecule is CCN(CC)C(=O)c1coc(COc2ccc3c(c2)C(c2ccc(F)cc2)N(C(=O)c2ccco2)CC3)n1. The van der Waals surface area contributed by atoms with Gasteiger partial charge < -0.3 is 23.4 Å². The van der Waals surface area contributed by atoms with Gasteiger partial charge in [0, 0.05) is 19.6 Å². The van der Waals surface area contributed by atoms with Crippen LogP contribution in [-0.4, -0.2) is 46.2 Å². The Kier molecular flexibility index (Phi) is 7.26. The number of amides is 2. The average molecular weight is 518 g/mol. The number of carbonyl (C=O) groups is 2. The molecular formula is C29H28FN3O5. The molecule has 2 aromatic heterocycles. The Bertz CT molecular complexity index is 1410. The largest absolute Gasteiger partial charge is 0.484 e. The normalized spacial score (nSPS) is 14.7. The van der Waals surface area contributed by atoms with Crippen LogP contribution < -0.4 is 4.74 Å². The van der Waals surface area contributed by atoms with Crippen LogP contribution in [0.2, 0.25) is 0 Å². The van der Waals surface area contributed by atoms with Crippen molar-refractivity contribution in [3.8, 4) is 5.75 Å². The third-order valence-corrected chi connectivity index (χ3v) is 6.71. The summed E-state index contributed by atoms with van der Waals surface area (Å²) < 4.78 is 30.6. The molecule has 38 heavy (non-hydrogen) atoms. The second kappa shape index (κ2) is 10.9. The fraction of sp³-hybridized carbons (Fsp3) is 0.276. The fourth-order valence-corrected chi connectivity index (χ4v) is 4.74. The second-order valence-electron chi connectivity index (χ2n) is 8.93. The number of oxazole rings is 1. The van der Waals surface area contributed by atoms with Crippen molar-refractivity contribution in [2.45, 2.75) is 32.9 Å². The molecule has 0 saturated heterocycles. The van der Waals surface area contributed by atoms with Crippen LogP contribution in [0.15, 0.2) is 76.0 Å². The van der Waals surface area contributed by atoms with E-state index in [0.717, 1.165) is 16.7 Å². The van der Waals surface area contributed by atoms with Crippen molar-refractivity contribution in [2.24, 2.45) is 0 Å². The highest BCUT2D eigenvalue weighted by molar-refractivity contribution is 5.92. The fourth-order valence-electron chi connectivity index (χ4n) is 4.74. The van der Waals surface area contributed by atoms with Gasteiger partial charge in [0.1, 0.15) is 17.8 Å². The second-order valence-corrected chi connectivity index (χ2v) is 8.93.